The summed E-state index contributed by atoms with van der Waals surface area (Å²) in [6, 6.07) is 8.16. The van der Waals surface area contributed by atoms with Crippen LogP contribution in [0.3, 0.4) is 0 Å². The molecule has 0 saturated heterocycles. The fourth-order valence-electron chi connectivity index (χ4n) is 3.13. The average molecular weight is 309 g/mol. The quantitative estimate of drug-likeness (QED) is 0.684. The number of rotatable bonds is 3. The Labute approximate surface area is 133 Å². The van der Waals surface area contributed by atoms with Crippen molar-refractivity contribution in [2.24, 2.45) is 5.92 Å². The molecule has 1 atom stereocenters. The zero-order chi connectivity index (χ0) is 15.6. The number of hydrogen-bond acceptors (Lipinski definition) is 3. The van der Waals surface area contributed by atoms with E-state index in [2.05, 4.69) is 31.2 Å². The minimum absolute atomic E-state index is 0.0719. The minimum atomic E-state index is -0.0895. The average Bonchev–Trinajstić information content (AvgIpc) is 3.17. The van der Waals surface area contributed by atoms with Crippen LogP contribution in [0.15, 0.2) is 42.9 Å². The summed E-state index contributed by atoms with van der Waals surface area (Å²) >= 11 is 0. The van der Waals surface area contributed by atoms with Crippen LogP contribution in [0.4, 0.5) is 0 Å². The van der Waals surface area contributed by atoms with Crippen LogP contribution in [-0.2, 0) is 24.4 Å². The first-order valence-corrected chi connectivity index (χ1v) is 7.84. The number of para-hydroxylation sites is 1. The maximum Gasteiger partial charge on any atom is 0.226 e. The van der Waals surface area contributed by atoms with Gasteiger partial charge in [-0.05, 0) is 17.0 Å². The molecule has 3 heterocycles. The maximum atomic E-state index is 12.5. The molecule has 1 aromatic carbocycles. The molecule has 6 nitrogen and oxygen atoms in total. The number of imidazole rings is 1. The van der Waals surface area contributed by atoms with Gasteiger partial charge in [0.2, 0.25) is 5.91 Å². The van der Waals surface area contributed by atoms with Crippen molar-refractivity contribution < 1.29 is 4.79 Å². The number of nitrogens with zero attached hydrogens (tertiary/aromatic N) is 2. The molecule has 0 bridgehead atoms. The summed E-state index contributed by atoms with van der Waals surface area (Å²) in [7, 11) is 0. The van der Waals surface area contributed by atoms with E-state index in [0.717, 1.165) is 22.3 Å². The van der Waals surface area contributed by atoms with Crippen LogP contribution in [0.2, 0.25) is 0 Å². The Morgan fingerprint density at radius 1 is 1.39 bits per heavy atom. The number of carbonyl (C=O) groups is 1. The Bertz CT molecular complexity index is 834. The van der Waals surface area contributed by atoms with Gasteiger partial charge in [-0.1, -0.05) is 18.2 Å². The number of hydrogen-bond donors (Lipinski definition) is 3. The van der Waals surface area contributed by atoms with Gasteiger partial charge in [-0.3, -0.25) is 4.79 Å². The molecule has 6 heteroatoms. The van der Waals surface area contributed by atoms with Crippen LogP contribution in [0.1, 0.15) is 11.4 Å². The normalized spacial score (nSPS) is 17.7. The fraction of sp³-hybridized carbons (Fsp3) is 0.294. The van der Waals surface area contributed by atoms with Crippen molar-refractivity contribution in [3.05, 3.63) is 54.2 Å². The van der Waals surface area contributed by atoms with Crippen molar-refractivity contribution in [3.63, 3.8) is 0 Å². The molecule has 0 fully saturated rings. The Balaban J connectivity index is 1.45. The largest absolute Gasteiger partial charge is 0.361 e. The monoisotopic (exact) mass is 309 g/mol. The van der Waals surface area contributed by atoms with Gasteiger partial charge in [-0.15, -0.1) is 0 Å². The van der Waals surface area contributed by atoms with Crippen molar-refractivity contribution in [1.29, 1.82) is 0 Å². The highest BCUT2D eigenvalue weighted by atomic mass is 16.1. The molecule has 0 radical (unpaired) electrons. The molecule has 3 aromatic rings. The van der Waals surface area contributed by atoms with E-state index >= 15 is 0 Å². The molecule has 1 unspecified atom stereocenters. The standard InChI is InChI=1S/C17H19N5O/c23-17(14-8-18-10-15-19-6-7-22(15)11-14)21-9-13-3-1-2-12-4-5-20-16(12)13/h1-7,14,18,20H,8-11H2,(H,21,23). The van der Waals surface area contributed by atoms with Crippen LogP contribution < -0.4 is 10.6 Å². The summed E-state index contributed by atoms with van der Waals surface area (Å²) in [6.45, 7) is 2.57. The molecule has 118 valence electrons. The summed E-state index contributed by atoms with van der Waals surface area (Å²) in [4.78, 5) is 20.1. The van der Waals surface area contributed by atoms with Crippen molar-refractivity contribution >= 4 is 16.8 Å². The number of nitrogens with one attached hydrogen (secondary N) is 3. The fourth-order valence-corrected chi connectivity index (χ4v) is 3.13. The highest BCUT2D eigenvalue weighted by Crippen LogP contribution is 2.17. The number of carbonyl (C=O) groups excluding carboxylic acids is 1. The molecule has 1 aliphatic heterocycles. The van der Waals surface area contributed by atoms with Gasteiger partial charge >= 0.3 is 0 Å². The first-order valence-electron chi connectivity index (χ1n) is 7.84. The Hall–Kier alpha value is -2.60. The second-order valence-electron chi connectivity index (χ2n) is 5.90. The lowest BCUT2D eigenvalue weighted by molar-refractivity contribution is -0.125. The Morgan fingerprint density at radius 3 is 3.30 bits per heavy atom. The number of aromatic nitrogens is 3. The molecule has 0 aliphatic carbocycles. The van der Waals surface area contributed by atoms with Gasteiger partial charge in [0.15, 0.2) is 0 Å². The van der Waals surface area contributed by atoms with E-state index in [0.29, 0.717) is 26.2 Å². The van der Waals surface area contributed by atoms with Crippen molar-refractivity contribution in [2.75, 3.05) is 6.54 Å². The smallest absolute Gasteiger partial charge is 0.226 e. The zero-order valence-electron chi connectivity index (χ0n) is 12.7. The van der Waals surface area contributed by atoms with Crippen LogP contribution in [0.25, 0.3) is 10.9 Å². The van der Waals surface area contributed by atoms with Crippen molar-refractivity contribution in [2.45, 2.75) is 19.6 Å². The highest BCUT2D eigenvalue weighted by Gasteiger charge is 2.22. The third-order valence-corrected chi connectivity index (χ3v) is 4.39. The first kappa shape index (κ1) is 14.0. The van der Waals surface area contributed by atoms with Crippen molar-refractivity contribution in [3.8, 4) is 0 Å². The number of aromatic amines is 1. The van der Waals surface area contributed by atoms with Gasteiger partial charge in [0.25, 0.3) is 0 Å². The number of fused-ring (bicyclic) bond motifs is 2. The third-order valence-electron chi connectivity index (χ3n) is 4.39. The van der Waals surface area contributed by atoms with E-state index < -0.39 is 0 Å². The third kappa shape index (κ3) is 2.73. The number of benzene rings is 1. The summed E-state index contributed by atoms with van der Waals surface area (Å²) in [5.74, 6) is 0.965. The summed E-state index contributed by atoms with van der Waals surface area (Å²) in [5, 5.41) is 7.53. The van der Waals surface area contributed by atoms with Gasteiger partial charge in [-0.2, -0.15) is 0 Å². The molecule has 2 aromatic heterocycles. The van der Waals surface area contributed by atoms with Crippen molar-refractivity contribution in [1.82, 2.24) is 25.2 Å². The van der Waals surface area contributed by atoms with Gasteiger partial charge in [0.1, 0.15) is 5.82 Å². The van der Waals surface area contributed by atoms with Gasteiger partial charge < -0.3 is 20.2 Å². The lowest BCUT2D eigenvalue weighted by atomic mass is 10.1. The predicted molar refractivity (Wildman–Crippen MR) is 87.6 cm³/mol. The van der Waals surface area contributed by atoms with Gasteiger partial charge in [0.05, 0.1) is 18.0 Å². The molecule has 0 spiro atoms. The van der Waals surface area contributed by atoms with Crippen LogP contribution in [0, 0.1) is 5.92 Å². The topological polar surface area (TPSA) is 74.7 Å². The summed E-state index contributed by atoms with van der Waals surface area (Å²) in [5.41, 5.74) is 2.19. The Kier molecular flexibility index (Phi) is 3.59. The first-order chi connectivity index (χ1) is 11.3. The number of H-pyrrole nitrogens is 1. The summed E-state index contributed by atoms with van der Waals surface area (Å²) in [6.07, 6.45) is 5.64. The SMILES string of the molecule is O=C(NCc1cccc2cc[nH]c12)C1CNCc2nccn2C1. The second-order valence-corrected chi connectivity index (χ2v) is 5.90. The Morgan fingerprint density at radius 2 is 2.35 bits per heavy atom. The van der Waals surface area contributed by atoms with E-state index in [-0.39, 0.29) is 11.8 Å². The lowest BCUT2D eigenvalue weighted by Gasteiger charge is -2.15. The van der Waals surface area contributed by atoms with Crippen LogP contribution in [0.5, 0.6) is 0 Å². The van der Waals surface area contributed by atoms with Crippen LogP contribution in [-0.4, -0.2) is 27.0 Å². The molecular weight excluding hydrogens is 290 g/mol. The summed E-state index contributed by atoms with van der Waals surface area (Å²) < 4.78 is 2.05. The van der Waals surface area contributed by atoms with E-state index in [1.165, 1.54) is 0 Å². The van der Waals surface area contributed by atoms with Gasteiger partial charge in [-0.25, -0.2) is 4.98 Å². The lowest BCUT2D eigenvalue weighted by Crippen LogP contribution is -2.37. The van der Waals surface area contributed by atoms with Gasteiger partial charge in [0, 0.05) is 38.2 Å². The second kappa shape index (κ2) is 5.89. The predicted octanol–water partition coefficient (Wildman–Crippen LogP) is 1.40. The van der Waals surface area contributed by atoms with E-state index in [9.17, 15) is 4.79 Å². The zero-order valence-corrected chi connectivity index (χ0v) is 12.7. The molecular formula is C17H19N5O. The van der Waals surface area contributed by atoms with Crippen LogP contribution >= 0.6 is 0 Å². The number of amides is 1. The van der Waals surface area contributed by atoms with E-state index in [1.807, 2.05) is 30.6 Å². The van der Waals surface area contributed by atoms with E-state index in [4.69, 9.17) is 0 Å². The maximum absolute atomic E-state index is 12.5. The molecule has 23 heavy (non-hydrogen) atoms. The molecule has 3 N–H and O–H groups in total. The molecule has 4 rings (SSSR count). The highest BCUT2D eigenvalue weighted by molar-refractivity contribution is 5.83. The molecule has 0 saturated carbocycles. The molecule has 1 amide bonds. The minimum Gasteiger partial charge on any atom is -0.361 e. The van der Waals surface area contributed by atoms with E-state index in [1.54, 1.807) is 6.20 Å². The molecule has 1 aliphatic rings.